The molecule has 0 bridgehead atoms. The minimum atomic E-state index is -1.16. The smallest absolute Gasteiger partial charge is 0.136 e. The first-order valence-corrected chi connectivity index (χ1v) is 11.0. The Labute approximate surface area is 185 Å². The number of benzene rings is 3. The number of aliphatic hydroxyl groups excluding tert-OH is 3. The zero-order valence-electron chi connectivity index (χ0n) is 16.8. The molecule has 5 nitrogen and oxygen atoms in total. The van der Waals surface area contributed by atoms with Crippen molar-refractivity contribution in [2.24, 2.45) is 0 Å². The molecule has 3 aromatic rings. The highest BCUT2D eigenvalue weighted by molar-refractivity contribution is 7.99. The van der Waals surface area contributed by atoms with Crippen LogP contribution in [0.4, 0.5) is 0 Å². The van der Waals surface area contributed by atoms with Gasteiger partial charge in [0.2, 0.25) is 0 Å². The van der Waals surface area contributed by atoms with Gasteiger partial charge in [0.25, 0.3) is 0 Å². The maximum absolute atomic E-state index is 10.8. The molecule has 6 heteroatoms. The maximum atomic E-state index is 10.8. The molecule has 160 valence electrons. The number of thioether (sulfide) groups is 1. The normalized spacial score (nSPS) is 25.7. The van der Waals surface area contributed by atoms with Crippen LogP contribution in [-0.2, 0) is 9.47 Å². The summed E-state index contributed by atoms with van der Waals surface area (Å²) in [5.41, 5.74) is 0.158. The molecule has 1 aliphatic rings. The molecule has 5 atom stereocenters. The molecular formula is C25H24O5S. The van der Waals surface area contributed by atoms with Crippen molar-refractivity contribution in [1.82, 2.24) is 0 Å². The van der Waals surface area contributed by atoms with E-state index in [0.717, 1.165) is 21.2 Å². The minimum Gasteiger partial charge on any atom is -0.394 e. The molecular weight excluding hydrogens is 412 g/mol. The van der Waals surface area contributed by atoms with Gasteiger partial charge in [-0.1, -0.05) is 72.1 Å². The van der Waals surface area contributed by atoms with Gasteiger partial charge in [-0.25, -0.2) is 0 Å². The van der Waals surface area contributed by atoms with Crippen molar-refractivity contribution >= 4 is 22.5 Å². The molecule has 1 saturated heterocycles. The second-order valence-corrected chi connectivity index (χ2v) is 8.45. The van der Waals surface area contributed by atoms with Crippen LogP contribution in [0, 0.1) is 11.8 Å². The van der Waals surface area contributed by atoms with E-state index in [1.165, 1.54) is 11.8 Å². The van der Waals surface area contributed by atoms with E-state index in [0.29, 0.717) is 0 Å². The quantitative estimate of drug-likeness (QED) is 0.534. The molecule has 0 amide bonds. The second kappa shape index (κ2) is 10.3. The van der Waals surface area contributed by atoms with Crippen molar-refractivity contribution in [3.05, 3.63) is 78.4 Å². The van der Waals surface area contributed by atoms with E-state index in [-0.39, 0.29) is 13.2 Å². The third-order valence-corrected chi connectivity index (χ3v) is 6.30. The lowest BCUT2D eigenvalue weighted by Gasteiger charge is -2.41. The summed E-state index contributed by atoms with van der Waals surface area (Å²) >= 11 is 1.34. The number of hydrogen-bond donors (Lipinski definition) is 3. The van der Waals surface area contributed by atoms with E-state index in [9.17, 15) is 15.3 Å². The van der Waals surface area contributed by atoms with Crippen LogP contribution in [0.2, 0.25) is 0 Å². The Hall–Kier alpha value is -2.37. The topological polar surface area (TPSA) is 79.2 Å². The minimum absolute atomic E-state index is 0.0409. The van der Waals surface area contributed by atoms with Gasteiger partial charge in [0.1, 0.15) is 36.5 Å². The number of ether oxygens (including phenoxy) is 2. The number of rotatable bonds is 5. The van der Waals surface area contributed by atoms with Crippen molar-refractivity contribution in [2.45, 2.75) is 34.7 Å². The van der Waals surface area contributed by atoms with Gasteiger partial charge in [0, 0.05) is 10.5 Å². The molecule has 3 N–H and O–H groups in total. The SMILES string of the molecule is OC[C@H]1O[C@@H](Sc2ccc3ccccc3c2)[C@H](O)[C@@H](OCC#Cc2ccccc2)[C@H]1O. The van der Waals surface area contributed by atoms with Crippen molar-refractivity contribution in [1.29, 1.82) is 0 Å². The summed E-state index contributed by atoms with van der Waals surface area (Å²) in [5.74, 6) is 5.89. The lowest BCUT2D eigenvalue weighted by molar-refractivity contribution is -0.217. The first-order chi connectivity index (χ1) is 15.2. The van der Waals surface area contributed by atoms with Gasteiger partial charge in [0.05, 0.1) is 6.61 Å². The van der Waals surface area contributed by atoms with Crippen LogP contribution in [0.3, 0.4) is 0 Å². The van der Waals surface area contributed by atoms with E-state index in [2.05, 4.69) is 11.8 Å². The standard InChI is InChI=1S/C25H24O5S/c26-16-21-22(27)24(29-14-6-9-17-7-2-1-3-8-17)23(28)25(30-21)31-20-13-12-18-10-4-5-11-19(18)15-20/h1-5,7-8,10-13,15,21-28H,14,16H2/t21-,22+,23-,24+,25+/m1/s1. The number of hydrogen-bond acceptors (Lipinski definition) is 6. The van der Waals surface area contributed by atoms with Crippen molar-refractivity contribution in [3.8, 4) is 11.8 Å². The molecule has 4 rings (SSSR count). The molecule has 1 fully saturated rings. The molecule has 1 heterocycles. The Bertz CT molecular complexity index is 1060. The molecule has 0 unspecified atom stereocenters. The van der Waals surface area contributed by atoms with Crippen molar-refractivity contribution in [3.63, 3.8) is 0 Å². The van der Waals surface area contributed by atoms with Gasteiger partial charge in [-0.2, -0.15) is 0 Å². The van der Waals surface area contributed by atoms with Gasteiger partial charge < -0.3 is 24.8 Å². The highest BCUT2D eigenvalue weighted by Crippen LogP contribution is 2.35. The predicted molar refractivity (Wildman–Crippen MR) is 121 cm³/mol. The van der Waals surface area contributed by atoms with Gasteiger partial charge in [0.15, 0.2) is 0 Å². The van der Waals surface area contributed by atoms with Crippen LogP contribution < -0.4 is 0 Å². The van der Waals surface area contributed by atoms with Crippen LogP contribution in [0.5, 0.6) is 0 Å². The van der Waals surface area contributed by atoms with Crippen molar-refractivity contribution in [2.75, 3.05) is 13.2 Å². The largest absolute Gasteiger partial charge is 0.394 e. The Morgan fingerprint density at radius 1 is 0.903 bits per heavy atom. The highest BCUT2D eigenvalue weighted by atomic mass is 32.2. The van der Waals surface area contributed by atoms with Gasteiger partial charge in [-0.3, -0.25) is 0 Å². The lowest BCUT2D eigenvalue weighted by atomic mass is 10.00. The van der Waals surface area contributed by atoms with Gasteiger partial charge in [-0.05, 0) is 35.0 Å². The molecule has 1 aliphatic heterocycles. The molecule has 0 spiro atoms. The van der Waals surface area contributed by atoms with Crippen LogP contribution >= 0.6 is 11.8 Å². The van der Waals surface area contributed by atoms with Crippen LogP contribution in [0.1, 0.15) is 5.56 Å². The Morgan fingerprint density at radius 3 is 2.42 bits per heavy atom. The van der Waals surface area contributed by atoms with E-state index < -0.39 is 29.9 Å². The number of aliphatic hydroxyl groups is 3. The maximum Gasteiger partial charge on any atom is 0.136 e. The molecule has 3 aromatic carbocycles. The van der Waals surface area contributed by atoms with E-state index in [4.69, 9.17) is 9.47 Å². The summed E-state index contributed by atoms with van der Waals surface area (Å²) in [4.78, 5) is 0.915. The van der Waals surface area contributed by atoms with Crippen molar-refractivity contribution < 1.29 is 24.8 Å². The summed E-state index contributed by atoms with van der Waals surface area (Å²) in [6, 6.07) is 23.5. The summed E-state index contributed by atoms with van der Waals surface area (Å²) in [6.45, 7) is -0.336. The lowest BCUT2D eigenvalue weighted by Crippen LogP contribution is -2.58. The highest BCUT2D eigenvalue weighted by Gasteiger charge is 2.45. The Kier molecular flexibility index (Phi) is 7.25. The fourth-order valence-corrected chi connectivity index (χ4v) is 4.62. The molecule has 0 aromatic heterocycles. The monoisotopic (exact) mass is 436 g/mol. The fraction of sp³-hybridized carbons (Fsp3) is 0.280. The molecule has 31 heavy (non-hydrogen) atoms. The van der Waals surface area contributed by atoms with E-state index in [1.54, 1.807) is 0 Å². The fourth-order valence-electron chi connectivity index (χ4n) is 3.52. The average molecular weight is 437 g/mol. The summed E-state index contributed by atoms with van der Waals surface area (Å²) in [7, 11) is 0. The van der Waals surface area contributed by atoms with Crippen LogP contribution in [-0.4, -0.2) is 58.4 Å². The average Bonchev–Trinajstić information content (AvgIpc) is 2.81. The summed E-state index contributed by atoms with van der Waals surface area (Å²) in [6.07, 6.45) is -4.03. The summed E-state index contributed by atoms with van der Waals surface area (Å²) < 4.78 is 11.5. The predicted octanol–water partition coefficient (Wildman–Crippen LogP) is 2.81. The third kappa shape index (κ3) is 5.28. The third-order valence-electron chi connectivity index (χ3n) is 5.15. The van der Waals surface area contributed by atoms with Gasteiger partial charge in [-0.15, -0.1) is 0 Å². The summed E-state index contributed by atoms with van der Waals surface area (Å²) in [5, 5.41) is 33.2. The molecule has 0 saturated carbocycles. The Balaban J connectivity index is 1.46. The second-order valence-electron chi connectivity index (χ2n) is 7.28. The first-order valence-electron chi connectivity index (χ1n) is 10.1. The molecule has 0 radical (unpaired) electrons. The zero-order valence-corrected chi connectivity index (χ0v) is 17.6. The molecule has 0 aliphatic carbocycles. The van der Waals surface area contributed by atoms with Crippen LogP contribution in [0.25, 0.3) is 10.8 Å². The van der Waals surface area contributed by atoms with Crippen LogP contribution in [0.15, 0.2) is 77.7 Å². The first kappa shape index (κ1) is 21.8. The zero-order chi connectivity index (χ0) is 21.6. The van der Waals surface area contributed by atoms with Gasteiger partial charge >= 0.3 is 0 Å². The Morgan fingerprint density at radius 2 is 1.65 bits per heavy atom. The number of fused-ring (bicyclic) bond motifs is 1. The van der Waals surface area contributed by atoms with E-state index >= 15 is 0 Å². The van der Waals surface area contributed by atoms with E-state index in [1.807, 2.05) is 72.8 Å².